The Morgan fingerprint density at radius 2 is 1.81 bits per heavy atom. The van der Waals surface area contributed by atoms with Crippen molar-refractivity contribution in [2.24, 2.45) is 5.92 Å². The summed E-state index contributed by atoms with van der Waals surface area (Å²) < 4.78 is 9.44. The maximum atomic E-state index is 12.1. The Balaban J connectivity index is 4.55. The summed E-state index contributed by atoms with van der Waals surface area (Å²) in [5, 5.41) is 11.5. The minimum Gasteiger partial charge on any atom is -0.481 e. The van der Waals surface area contributed by atoms with Gasteiger partial charge in [0.25, 0.3) is 0 Å². The van der Waals surface area contributed by atoms with Gasteiger partial charge < -0.3 is 24.8 Å². The summed E-state index contributed by atoms with van der Waals surface area (Å²) in [5.74, 6) is -2.11. The highest BCUT2D eigenvalue weighted by molar-refractivity contribution is 5.77. The van der Waals surface area contributed by atoms with Crippen molar-refractivity contribution < 1.29 is 29.0 Å². The Morgan fingerprint density at radius 1 is 1.19 bits per heavy atom. The van der Waals surface area contributed by atoms with Gasteiger partial charge in [0.15, 0.2) is 0 Å². The molecule has 0 saturated carbocycles. The highest BCUT2D eigenvalue weighted by Crippen LogP contribution is 2.04. The maximum Gasteiger partial charge on any atom is 0.317 e. The minimum atomic E-state index is -0.985. The van der Waals surface area contributed by atoms with Crippen LogP contribution >= 0.6 is 0 Å². The van der Waals surface area contributed by atoms with Crippen molar-refractivity contribution in [3.8, 4) is 0 Å². The molecule has 8 nitrogen and oxygen atoms in total. The molecular weight excluding hydrogens is 280 g/mol. The van der Waals surface area contributed by atoms with Crippen LogP contribution in [0.5, 0.6) is 0 Å². The van der Waals surface area contributed by atoms with Crippen LogP contribution < -0.4 is 5.32 Å². The first-order valence-corrected chi connectivity index (χ1v) is 6.67. The molecule has 8 heteroatoms. The van der Waals surface area contributed by atoms with Crippen LogP contribution in [0, 0.1) is 5.92 Å². The molecule has 0 rings (SSSR count). The lowest BCUT2D eigenvalue weighted by Gasteiger charge is -2.26. The molecule has 0 aliphatic carbocycles. The van der Waals surface area contributed by atoms with E-state index in [0.29, 0.717) is 13.2 Å². The van der Waals surface area contributed by atoms with Gasteiger partial charge in [0, 0.05) is 26.2 Å². The van der Waals surface area contributed by atoms with E-state index in [-0.39, 0.29) is 13.0 Å². The largest absolute Gasteiger partial charge is 0.481 e. The SMILES string of the molecule is COCCN(CCC(=O)OC)C(=O)NC(C)C(C)C(=O)O. The number of nitrogens with zero attached hydrogens (tertiary/aromatic N) is 1. The third kappa shape index (κ3) is 7.50. The number of amides is 2. The van der Waals surface area contributed by atoms with Gasteiger partial charge in [-0.05, 0) is 13.8 Å². The average molecular weight is 304 g/mol. The Hall–Kier alpha value is -1.83. The third-order valence-electron chi connectivity index (χ3n) is 3.16. The van der Waals surface area contributed by atoms with Gasteiger partial charge in [0.1, 0.15) is 0 Å². The number of carboxylic acid groups (broad SMARTS) is 1. The number of ether oxygens (including phenoxy) is 2. The molecule has 2 atom stereocenters. The molecule has 2 N–H and O–H groups in total. The van der Waals surface area contributed by atoms with E-state index < -0.39 is 29.9 Å². The lowest BCUT2D eigenvalue weighted by molar-refractivity contribution is -0.142. The van der Waals surface area contributed by atoms with E-state index in [1.165, 1.54) is 26.0 Å². The quantitative estimate of drug-likeness (QED) is 0.594. The molecule has 0 aromatic rings. The molecule has 0 aliphatic heterocycles. The molecule has 0 radical (unpaired) electrons. The molecule has 2 amide bonds. The number of nitrogens with one attached hydrogen (secondary N) is 1. The van der Waals surface area contributed by atoms with Crippen LogP contribution in [0.15, 0.2) is 0 Å². The number of hydrogen-bond donors (Lipinski definition) is 2. The van der Waals surface area contributed by atoms with Crippen molar-refractivity contribution in [2.75, 3.05) is 33.9 Å². The van der Waals surface area contributed by atoms with Gasteiger partial charge in [0.2, 0.25) is 0 Å². The van der Waals surface area contributed by atoms with Crippen LogP contribution in [-0.2, 0) is 19.1 Å². The average Bonchev–Trinajstić information content (AvgIpc) is 2.45. The Bertz CT molecular complexity index is 361. The summed E-state index contributed by atoms with van der Waals surface area (Å²) in [5.41, 5.74) is 0. The smallest absolute Gasteiger partial charge is 0.317 e. The normalized spacial score (nSPS) is 13.1. The molecule has 2 unspecified atom stereocenters. The summed E-state index contributed by atoms with van der Waals surface area (Å²) in [6.07, 6.45) is 0.0660. The van der Waals surface area contributed by atoms with Crippen molar-refractivity contribution in [3.05, 3.63) is 0 Å². The molecule has 0 bridgehead atoms. The molecule has 122 valence electrons. The van der Waals surface area contributed by atoms with Crippen molar-refractivity contribution >= 4 is 18.0 Å². The first kappa shape index (κ1) is 19.2. The molecule has 0 aromatic heterocycles. The van der Waals surface area contributed by atoms with E-state index in [1.54, 1.807) is 6.92 Å². The maximum absolute atomic E-state index is 12.1. The number of hydrogen-bond acceptors (Lipinski definition) is 5. The monoisotopic (exact) mass is 304 g/mol. The summed E-state index contributed by atoms with van der Waals surface area (Å²) in [4.78, 5) is 35.5. The predicted molar refractivity (Wildman–Crippen MR) is 74.9 cm³/mol. The van der Waals surface area contributed by atoms with Crippen LogP contribution in [-0.4, -0.2) is 67.9 Å². The highest BCUT2D eigenvalue weighted by atomic mass is 16.5. The van der Waals surface area contributed by atoms with Gasteiger partial charge in [-0.15, -0.1) is 0 Å². The molecule has 21 heavy (non-hydrogen) atoms. The first-order chi connectivity index (χ1) is 9.83. The van der Waals surface area contributed by atoms with Crippen LogP contribution in [0.25, 0.3) is 0 Å². The van der Waals surface area contributed by atoms with Crippen LogP contribution in [0.3, 0.4) is 0 Å². The number of carboxylic acids is 1. The lowest BCUT2D eigenvalue weighted by Crippen LogP contribution is -2.48. The van der Waals surface area contributed by atoms with E-state index in [4.69, 9.17) is 9.84 Å². The van der Waals surface area contributed by atoms with Crippen LogP contribution in [0.4, 0.5) is 4.79 Å². The number of methoxy groups -OCH3 is 2. The van der Waals surface area contributed by atoms with Crippen molar-refractivity contribution in [1.82, 2.24) is 10.2 Å². The van der Waals surface area contributed by atoms with Crippen LogP contribution in [0.2, 0.25) is 0 Å². The number of esters is 1. The topological polar surface area (TPSA) is 105 Å². The van der Waals surface area contributed by atoms with Crippen LogP contribution in [0.1, 0.15) is 20.3 Å². The fourth-order valence-electron chi connectivity index (χ4n) is 1.47. The zero-order chi connectivity index (χ0) is 16.4. The molecule has 0 aromatic carbocycles. The number of aliphatic carboxylic acids is 1. The van der Waals surface area contributed by atoms with Gasteiger partial charge in [0.05, 0.1) is 26.1 Å². The molecule has 0 aliphatic rings. The van der Waals surface area contributed by atoms with E-state index in [1.807, 2.05) is 0 Å². The van der Waals surface area contributed by atoms with Crippen molar-refractivity contribution in [2.45, 2.75) is 26.3 Å². The van der Waals surface area contributed by atoms with Gasteiger partial charge in [-0.1, -0.05) is 0 Å². The fraction of sp³-hybridized carbons (Fsp3) is 0.769. The van der Waals surface area contributed by atoms with Gasteiger partial charge >= 0.3 is 18.0 Å². The number of urea groups is 1. The summed E-state index contributed by atoms with van der Waals surface area (Å²) >= 11 is 0. The Kier molecular flexibility index (Phi) is 9.11. The van der Waals surface area contributed by atoms with Crippen molar-refractivity contribution in [3.63, 3.8) is 0 Å². The second kappa shape index (κ2) is 9.98. The molecule has 0 saturated heterocycles. The lowest BCUT2D eigenvalue weighted by atomic mass is 10.0. The zero-order valence-electron chi connectivity index (χ0n) is 12.9. The van der Waals surface area contributed by atoms with E-state index in [9.17, 15) is 14.4 Å². The second-order valence-corrected chi connectivity index (χ2v) is 4.67. The molecular formula is C13H24N2O6. The zero-order valence-corrected chi connectivity index (χ0v) is 12.9. The number of carbonyl (C=O) groups is 3. The Morgan fingerprint density at radius 3 is 2.29 bits per heavy atom. The molecule has 0 heterocycles. The summed E-state index contributed by atoms with van der Waals surface area (Å²) in [6, 6.07) is -0.963. The molecule has 0 fully saturated rings. The second-order valence-electron chi connectivity index (χ2n) is 4.67. The summed E-state index contributed by atoms with van der Waals surface area (Å²) in [6.45, 7) is 3.92. The Labute approximate surface area is 124 Å². The number of rotatable bonds is 9. The predicted octanol–water partition coefficient (Wildman–Crippen LogP) is 0.317. The van der Waals surface area contributed by atoms with Crippen molar-refractivity contribution in [1.29, 1.82) is 0 Å². The van der Waals surface area contributed by atoms with E-state index >= 15 is 0 Å². The number of carbonyl (C=O) groups excluding carboxylic acids is 2. The third-order valence-corrected chi connectivity index (χ3v) is 3.16. The van der Waals surface area contributed by atoms with Gasteiger partial charge in [-0.25, -0.2) is 4.79 Å². The summed E-state index contributed by atoms with van der Waals surface area (Å²) in [7, 11) is 2.78. The van der Waals surface area contributed by atoms with E-state index in [0.717, 1.165) is 0 Å². The van der Waals surface area contributed by atoms with Gasteiger partial charge in [-0.2, -0.15) is 0 Å². The van der Waals surface area contributed by atoms with E-state index in [2.05, 4.69) is 10.1 Å². The highest BCUT2D eigenvalue weighted by Gasteiger charge is 2.23. The van der Waals surface area contributed by atoms with Gasteiger partial charge in [-0.3, -0.25) is 9.59 Å². The molecule has 0 spiro atoms. The minimum absolute atomic E-state index is 0.0660. The standard InChI is InChI=1S/C13H24N2O6/c1-9(12(17)18)10(2)14-13(19)15(7-8-20-3)6-5-11(16)21-4/h9-10H,5-8H2,1-4H3,(H,14,19)(H,17,18). The fourth-order valence-corrected chi connectivity index (χ4v) is 1.47. The first-order valence-electron chi connectivity index (χ1n) is 6.67.